The van der Waals surface area contributed by atoms with Crippen LogP contribution < -0.4 is 4.90 Å². The molecule has 0 bridgehead atoms. The van der Waals surface area contributed by atoms with Gasteiger partial charge in [-0.1, -0.05) is 42.5 Å². The molecule has 2 unspecified atom stereocenters. The molecule has 4 rings (SSSR count). The molecule has 1 aliphatic rings. The van der Waals surface area contributed by atoms with Crippen molar-refractivity contribution >= 4 is 22.5 Å². The highest BCUT2D eigenvalue weighted by Crippen LogP contribution is 2.31. The van der Waals surface area contributed by atoms with Gasteiger partial charge >= 0.3 is 0 Å². The van der Waals surface area contributed by atoms with E-state index in [0.29, 0.717) is 24.9 Å². The van der Waals surface area contributed by atoms with Crippen molar-refractivity contribution in [2.45, 2.75) is 25.0 Å². The number of ketones is 1. The molecule has 1 fully saturated rings. The SMILES string of the molecule is O=C(c1ccccc1)C1CC(O)CCN1c1n[nH]c2ccccc12. The van der Waals surface area contributed by atoms with Crippen LogP contribution in [0.15, 0.2) is 54.6 Å². The van der Waals surface area contributed by atoms with Crippen LogP contribution in [0.1, 0.15) is 23.2 Å². The molecule has 3 aromatic rings. The Bertz CT molecular complexity index is 859. The van der Waals surface area contributed by atoms with Crippen molar-refractivity contribution in [3.63, 3.8) is 0 Å². The Morgan fingerprint density at radius 3 is 2.71 bits per heavy atom. The number of nitrogens with zero attached hydrogens (tertiary/aromatic N) is 2. The first-order valence-corrected chi connectivity index (χ1v) is 8.21. The Morgan fingerprint density at radius 2 is 1.88 bits per heavy atom. The van der Waals surface area contributed by atoms with Crippen LogP contribution in [-0.2, 0) is 0 Å². The number of aromatic amines is 1. The number of carbonyl (C=O) groups excluding carboxylic acids is 1. The van der Waals surface area contributed by atoms with E-state index in [4.69, 9.17) is 0 Å². The summed E-state index contributed by atoms with van der Waals surface area (Å²) in [5.74, 6) is 0.813. The van der Waals surface area contributed by atoms with E-state index in [-0.39, 0.29) is 5.78 Å². The monoisotopic (exact) mass is 321 g/mol. The van der Waals surface area contributed by atoms with Crippen molar-refractivity contribution in [2.75, 3.05) is 11.4 Å². The predicted octanol–water partition coefficient (Wildman–Crippen LogP) is 2.78. The fourth-order valence-electron chi connectivity index (χ4n) is 3.41. The number of H-pyrrole nitrogens is 1. The molecule has 1 aromatic heterocycles. The van der Waals surface area contributed by atoms with Crippen LogP contribution in [-0.4, -0.2) is 39.8 Å². The number of Topliss-reactive ketones (excluding diaryl/α,β-unsaturated/α-hetero) is 1. The minimum atomic E-state index is -0.455. The zero-order valence-corrected chi connectivity index (χ0v) is 13.2. The van der Waals surface area contributed by atoms with Gasteiger partial charge in [-0.2, -0.15) is 5.10 Å². The lowest BCUT2D eigenvalue weighted by Crippen LogP contribution is -2.49. The number of anilines is 1. The summed E-state index contributed by atoms with van der Waals surface area (Å²) in [5, 5.41) is 18.6. The number of benzene rings is 2. The van der Waals surface area contributed by atoms with Crippen molar-refractivity contribution in [2.24, 2.45) is 0 Å². The molecule has 0 amide bonds. The van der Waals surface area contributed by atoms with Crippen LogP contribution in [0.2, 0.25) is 0 Å². The van der Waals surface area contributed by atoms with Crippen LogP contribution in [0.5, 0.6) is 0 Å². The Morgan fingerprint density at radius 1 is 1.12 bits per heavy atom. The van der Waals surface area contributed by atoms with Gasteiger partial charge in [-0.3, -0.25) is 9.89 Å². The summed E-state index contributed by atoms with van der Waals surface area (Å²) in [6.07, 6.45) is 0.610. The summed E-state index contributed by atoms with van der Waals surface area (Å²) in [5.41, 5.74) is 1.62. The minimum absolute atomic E-state index is 0.0291. The molecular formula is C19H19N3O2. The Balaban J connectivity index is 1.73. The molecule has 2 atom stereocenters. The van der Waals surface area contributed by atoms with E-state index in [2.05, 4.69) is 10.2 Å². The van der Waals surface area contributed by atoms with Crippen molar-refractivity contribution in [3.8, 4) is 0 Å². The van der Waals surface area contributed by atoms with Crippen LogP contribution in [0.25, 0.3) is 10.9 Å². The highest BCUT2D eigenvalue weighted by molar-refractivity contribution is 6.03. The number of fused-ring (bicyclic) bond motifs is 1. The molecule has 2 aromatic carbocycles. The quantitative estimate of drug-likeness (QED) is 0.728. The predicted molar refractivity (Wildman–Crippen MR) is 93.2 cm³/mol. The number of aromatic nitrogens is 2. The molecule has 5 nitrogen and oxygen atoms in total. The van der Waals surface area contributed by atoms with E-state index >= 15 is 0 Å². The summed E-state index contributed by atoms with van der Waals surface area (Å²) in [4.78, 5) is 15.0. The van der Waals surface area contributed by atoms with Gasteiger partial charge in [-0.05, 0) is 18.6 Å². The number of piperidine rings is 1. The van der Waals surface area contributed by atoms with Gasteiger partial charge in [0, 0.05) is 23.9 Å². The summed E-state index contributed by atoms with van der Waals surface area (Å²) < 4.78 is 0. The smallest absolute Gasteiger partial charge is 0.185 e. The topological polar surface area (TPSA) is 69.2 Å². The molecule has 1 saturated heterocycles. The van der Waals surface area contributed by atoms with E-state index in [1.165, 1.54) is 0 Å². The zero-order chi connectivity index (χ0) is 16.5. The maximum atomic E-state index is 13.0. The van der Waals surface area contributed by atoms with E-state index in [9.17, 15) is 9.90 Å². The van der Waals surface area contributed by atoms with Gasteiger partial charge in [0.15, 0.2) is 11.6 Å². The third-order valence-electron chi connectivity index (χ3n) is 4.66. The van der Waals surface area contributed by atoms with Crippen molar-refractivity contribution in [3.05, 3.63) is 60.2 Å². The first-order chi connectivity index (χ1) is 11.7. The number of aliphatic hydroxyl groups is 1. The van der Waals surface area contributed by atoms with Crippen molar-refractivity contribution < 1.29 is 9.90 Å². The number of nitrogens with one attached hydrogen (secondary N) is 1. The Kier molecular flexibility index (Phi) is 3.78. The molecule has 122 valence electrons. The van der Waals surface area contributed by atoms with Gasteiger partial charge in [0.1, 0.15) is 0 Å². The lowest BCUT2D eigenvalue weighted by molar-refractivity contribution is 0.0842. The zero-order valence-electron chi connectivity index (χ0n) is 13.2. The molecule has 24 heavy (non-hydrogen) atoms. The highest BCUT2D eigenvalue weighted by atomic mass is 16.3. The average molecular weight is 321 g/mol. The van der Waals surface area contributed by atoms with Gasteiger partial charge in [0.25, 0.3) is 0 Å². The third kappa shape index (κ3) is 2.57. The lowest BCUT2D eigenvalue weighted by atomic mass is 9.92. The molecule has 5 heteroatoms. The first kappa shape index (κ1) is 14.9. The number of carbonyl (C=O) groups is 1. The molecular weight excluding hydrogens is 302 g/mol. The van der Waals surface area contributed by atoms with Crippen LogP contribution in [0.4, 0.5) is 5.82 Å². The van der Waals surface area contributed by atoms with Gasteiger partial charge in [-0.15, -0.1) is 0 Å². The second-order valence-corrected chi connectivity index (χ2v) is 6.21. The fourth-order valence-corrected chi connectivity index (χ4v) is 3.41. The van der Waals surface area contributed by atoms with Gasteiger partial charge in [0.2, 0.25) is 0 Å². The fraction of sp³-hybridized carbons (Fsp3) is 0.263. The molecule has 0 aliphatic carbocycles. The standard InChI is InChI=1S/C19H19N3O2/c23-14-10-11-22(19-15-8-4-5-9-16(15)20-21-19)17(12-14)18(24)13-6-2-1-3-7-13/h1-9,14,17,23H,10-12H2,(H,20,21). The molecule has 1 aliphatic heterocycles. The van der Waals surface area contributed by atoms with E-state index in [0.717, 1.165) is 16.7 Å². The lowest BCUT2D eigenvalue weighted by Gasteiger charge is -2.37. The van der Waals surface area contributed by atoms with Gasteiger partial charge in [0.05, 0.1) is 17.7 Å². The van der Waals surface area contributed by atoms with Crippen molar-refractivity contribution in [1.29, 1.82) is 0 Å². The van der Waals surface area contributed by atoms with Crippen LogP contribution in [0.3, 0.4) is 0 Å². The van der Waals surface area contributed by atoms with Crippen molar-refractivity contribution in [1.82, 2.24) is 10.2 Å². The summed E-state index contributed by atoms with van der Waals surface area (Å²) >= 11 is 0. The molecule has 0 saturated carbocycles. The van der Waals surface area contributed by atoms with Gasteiger partial charge < -0.3 is 10.0 Å². The molecule has 2 N–H and O–H groups in total. The van der Waals surface area contributed by atoms with E-state index < -0.39 is 12.1 Å². The molecule has 0 spiro atoms. The molecule has 2 heterocycles. The van der Waals surface area contributed by atoms with Crippen LogP contribution >= 0.6 is 0 Å². The maximum absolute atomic E-state index is 13.0. The maximum Gasteiger partial charge on any atom is 0.185 e. The minimum Gasteiger partial charge on any atom is -0.393 e. The first-order valence-electron chi connectivity index (χ1n) is 8.21. The Labute approximate surface area is 139 Å². The number of hydrogen-bond donors (Lipinski definition) is 2. The number of aliphatic hydroxyl groups excluding tert-OH is 1. The number of para-hydroxylation sites is 1. The normalized spacial score (nSPS) is 21.1. The summed E-state index contributed by atoms with van der Waals surface area (Å²) in [7, 11) is 0. The molecule has 0 radical (unpaired) electrons. The van der Waals surface area contributed by atoms with Gasteiger partial charge in [-0.25, -0.2) is 0 Å². The average Bonchev–Trinajstić information content (AvgIpc) is 3.06. The third-order valence-corrected chi connectivity index (χ3v) is 4.66. The van der Waals surface area contributed by atoms with E-state index in [1.807, 2.05) is 59.5 Å². The number of rotatable bonds is 3. The highest BCUT2D eigenvalue weighted by Gasteiger charge is 2.35. The van der Waals surface area contributed by atoms with E-state index in [1.54, 1.807) is 0 Å². The second kappa shape index (κ2) is 6.09. The Hall–Kier alpha value is -2.66. The largest absolute Gasteiger partial charge is 0.393 e. The number of hydrogen-bond acceptors (Lipinski definition) is 4. The van der Waals surface area contributed by atoms with Crippen LogP contribution in [0, 0.1) is 0 Å². The summed E-state index contributed by atoms with van der Waals surface area (Å²) in [6, 6.07) is 16.8. The second-order valence-electron chi connectivity index (χ2n) is 6.21. The summed E-state index contributed by atoms with van der Waals surface area (Å²) in [6.45, 7) is 0.610.